The fourth-order valence-corrected chi connectivity index (χ4v) is 4.56. The van der Waals surface area contributed by atoms with E-state index in [9.17, 15) is 5.11 Å². The maximum absolute atomic E-state index is 10.9. The first-order chi connectivity index (χ1) is 13.5. The lowest BCUT2D eigenvalue weighted by atomic mass is 9.78. The molecular weight excluding hydrogens is 372 g/mol. The molecule has 1 aliphatic carbocycles. The number of rotatable bonds is 4. The Kier molecular flexibility index (Phi) is 6.33. The van der Waals surface area contributed by atoms with Crippen molar-refractivity contribution in [3.8, 4) is 5.75 Å². The predicted octanol–water partition coefficient (Wildman–Crippen LogP) is 7.90. The SMILES string of the molecule is CC(C)(C)c1cc(Cc2ccc(SC3=CCCC=C3)cc2)cc(C(C)(C)C)c1O. The Morgan fingerprint density at radius 1 is 0.828 bits per heavy atom. The summed E-state index contributed by atoms with van der Waals surface area (Å²) in [5.41, 5.74) is 4.43. The third-order valence-corrected chi connectivity index (χ3v) is 6.36. The number of hydrogen-bond acceptors (Lipinski definition) is 2. The summed E-state index contributed by atoms with van der Waals surface area (Å²) >= 11 is 1.83. The first kappa shape index (κ1) is 21.8. The third kappa shape index (κ3) is 5.57. The number of thioether (sulfide) groups is 1. The Morgan fingerprint density at radius 3 is 1.90 bits per heavy atom. The second-order valence-corrected chi connectivity index (χ2v) is 11.2. The van der Waals surface area contributed by atoms with Gasteiger partial charge in [-0.05, 0) is 64.5 Å². The van der Waals surface area contributed by atoms with Crippen LogP contribution < -0.4 is 0 Å². The number of hydrogen-bond donors (Lipinski definition) is 1. The zero-order valence-corrected chi connectivity index (χ0v) is 19.5. The maximum atomic E-state index is 10.9. The highest BCUT2D eigenvalue weighted by atomic mass is 32.2. The standard InChI is InChI=1S/C27H34OS/c1-26(2,3)23-17-20(18-24(25(23)28)27(4,5)6)16-19-12-14-22(15-13-19)29-21-10-8-7-9-11-21/h8,10-15,17-18,28H,7,9,16H2,1-6H3. The summed E-state index contributed by atoms with van der Waals surface area (Å²) in [6, 6.07) is 13.3. The van der Waals surface area contributed by atoms with Crippen molar-refractivity contribution in [1.29, 1.82) is 0 Å². The van der Waals surface area contributed by atoms with Crippen molar-refractivity contribution in [3.05, 3.63) is 81.8 Å². The first-order valence-electron chi connectivity index (χ1n) is 10.5. The van der Waals surface area contributed by atoms with E-state index < -0.39 is 0 Å². The Balaban J connectivity index is 1.85. The summed E-state index contributed by atoms with van der Waals surface area (Å²) in [7, 11) is 0. The molecule has 0 spiro atoms. The van der Waals surface area contributed by atoms with Crippen LogP contribution in [0.4, 0.5) is 0 Å². The molecule has 0 heterocycles. The molecule has 3 rings (SSSR count). The lowest BCUT2D eigenvalue weighted by Crippen LogP contribution is -2.18. The van der Waals surface area contributed by atoms with E-state index >= 15 is 0 Å². The highest BCUT2D eigenvalue weighted by Crippen LogP contribution is 2.40. The van der Waals surface area contributed by atoms with Crippen molar-refractivity contribution in [2.75, 3.05) is 0 Å². The summed E-state index contributed by atoms with van der Waals surface area (Å²) in [6.07, 6.45) is 9.96. The van der Waals surface area contributed by atoms with Crippen molar-refractivity contribution in [3.63, 3.8) is 0 Å². The van der Waals surface area contributed by atoms with Gasteiger partial charge in [0.05, 0.1) is 0 Å². The molecule has 0 aliphatic heterocycles. The molecule has 2 aromatic rings. The van der Waals surface area contributed by atoms with E-state index in [-0.39, 0.29) is 10.8 Å². The smallest absolute Gasteiger partial charge is 0.123 e. The monoisotopic (exact) mass is 406 g/mol. The fraction of sp³-hybridized carbons (Fsp3) is 0.407. The van der Waals surface area contributed by atoms with Gasteiger partial charge in [-0.25, -0.2) is 0 Å². The van der Waals surface area contributed by atoms with Gasteiger partial charge in [0.2, 0.25) is 0 Å². The van der Waals surface area contributed by atoms with Crippen molar-refractivity contribution in [2.24, 2.45) is 0 Å². The normalized spacial score (nSPS) is 14.8. The van der Waals surface area contributed by atoms with Crippen molar-refractivity contribution < 1.29 is 5.11 Å². The average Bonchev–Trinajstić information content (AvgIpc) is 2.63. The molecule has 0 radical (unpaired) electrons. The molecule has 0 saturated heterocycles. The molecule has 0 amide bonds. The topological polar surface area (TPSA) is 20.2 Å². The van der Waals surface area contributed by atoms with Crippen LogP contribution in [0.3, 0.4) is 0 Å². The summed E-state index contributed by atoms with van der Waals surface area (Å²) in [5, 5.41) is 10.9. The van der Waals surface area contributed by atoms with Crippen LogP contribution in [0.1, 0.15) is 76.6 Å². The highest BCUT2D eigenvalue weighted by molar-refractivity contribution is 8.03. The third-order valence-electron chi connectivity index (χ3n) is 5.31. The molecule has 0 bridgehead atoms. The van der Waals surface area contributed by atoms with Crippen LogP contribution in [0.5, 0.6) is 5.75 Å². The molecule has 1 aliphatic rings. The van der Waals surface area contributed by atoms with Crippen LogP contribution in [0.2, 0.25) is 0 Å². The largest absolute Gasteiger partial charge is 0.507 e. The Morgan fingerprint density at radius 2 is 1.41 bits per heavy atom. The molecule has 1 N–H and O–H groups in total. The summed E-state index contributed by atoms with van der Waals surface area (Å²) < 4.78 is 0. The van der Waals surface area contributed by atoms with Gasteiger partial charge >= 0.3 is 0 Å². The molecule has 2 aromatic carbocycles. The van der Waals surface area contributed by atoms with Gasteiger partial charge in [-0.1, -0.05) is 95.8 Å². The molecule has 154 valence electrons. The van der Waals surface area contributed by atoms with Gasteiger partial charge in [-0.2, -0.15) is 0 Å². The van der Waals surface area contributed by atoms with E-state index in [1.807, 2.05) is 11.8 Å². The minimum absolute atomic E-state index is 0.0954. The van der Waals surface area contributed by atoms with Gasteiger partial charge in [0.1, 0.15) is 5.75 Å². The molecule has 1 nitrogen and oxygen atoms in total. The minimum atomic E-state index is -0.0954. The van der Waals surface area contributed by atoms with E-state index in [0.717, 1.165) is 30.4 Å². The summed E-state index contributed by atoms with van der Waals surface area (Å²) in [4.78, 5) is 2.62. The number of phenolic OH excluding ortho intramolecular Hbond substituents is 1. The molecule has 0 unspecified atom stereocenters. The van der Waals surface area contributed by atoms with Crippen molar-refractivity contribution in [1.82, 2.24) is 0 Å². The summed E-state index contributed by atoms with van der Waals surface area (Å²) in [6.45, 7) is 13.0. The van der Waals surface area contributed by atoms with Crippen molar-refractivity contribution >= 4 is 11.8 Å². The van der Waals surface area contributed by atoms with E-state index in [1.54, 1.807) is 0 Å². The molecule has 0 saturated carbocycles. The Labute approximate surface area is 180 Å². The number of allylic oxidation sites excluding steroid dienone is 3. The number of benzene rings is 2. The Bertz CT molecular complexity index is 883. The fourth-order valence-electron chi connectivity index (χ4n) is 3.65. The van der Waals surface area contributed by atoms with Gasteiger partial charge in [0.15, 0.2) is 0 Å². The second kappa shape index (κ2) is 8.44. The van der Waals surface area contributed by atoms with Gasteiger partial charge in [-0.3, -0.25) is 0 Å². The number of phenols is 1. The van der Waals surface area contributed by atoms with Crippen LogP contribution in [0, 0.1) is 0 Å². The van der Waals surface area contributed by atoms with E-state index in [4.69, 9.17) is 0 Å². The predicted molar refractivity (Wildman–Crippen MR) is 127 cm³/mol. The van der Waals surface area contributed by atoms with Crippen LogP contribution in [0.25, 0.3) is 0 Å². The van der Waals surface area contributed by atoms with E-state index in [2.05, 4.69) is 96.2 Å². The number of aromatic hydroxyl groups is 1. The second-order valence-electron chi connectivity index (χ2n) is 10.0. The zero-order chi connectivity index (χ0) is 21.2. The molecule has 2 heteroatoms. The minimum Gasteiger partial charge on any atom is -0.507 e. The van der Waals surface area contributed by atoms with Gasteiger partial charge in [0, 0.05) is 9.80 Å². The lowest BCUT2D eigenvalue weighted by Gasteiger charge is -2.28. The summed E-state index contributed by atoms with van der Waals surface area (Å²) in [5.74, 6) is 0.453. The quantitative estimate of drug-likeness (QED) is 0.557. The van der Waals surface area contributed by atoms with Crippen molar-refractivity contribution in [2.45, 2.75) is 76.5 Å². The van der Waals surface area contributed by atoms with Crippen LogP contribution in [-0.2, 0) is 17.3 Å². The van der Waals surface area contributed by atoms with Crippen LogP contribution in [-0.4, -0.2) is 5.11 Å². The van der Waals surface area contributed by atoms with E-state index in [1.165, 1.54) is 20.9 Å². The lowest BCUT2D eigenvalue weighted by molar-refractivity contribution is 0.423. The molecule has 0 atom stereocenters. The first-order valence-corrected chi connectivity index (χ1v) is 11.4. The molecule has 0 aromatic heterocycles. The molecular formula is C27H34OS. The molecule has 0 fully saturated rings. The zero-order valence-electron chi connectivity index (χ0n) is 18.7. The van der Waals surface area contributed by atoms with E-state index in [0.29, 0.717) is 5.75 Å². The molecule has 29 heavy (non-hydrogen) atoms. The van der Waals surface area contributed by atoms with Gasteiger partial charge in [-0.15, -0.1) is 0 Å². The van der Waals surface area contributed by atoms with Gasteiger partial charge < -0.3 is 5.11 Å². The average molecular weight is 407 g/mol. The Hall–Kier alpha value is -1.93. The maximum Gasteiger partial charge on any atom is 0.123 e. The van der Waals surface area contributed by atoms with Gasteiger partial charge in [0.25, 0.3) is 0 Å². The van der Waals surface area contributed by atoms with Crippen LogP contribution in [0.15, 0.2) is 64.4 Å². The van der Waals surface area contributed by atoms with Crippen LogP contribution >= 0.6 is 11.8 Å². The highest BCUT2D eigenvalue weighted by Gasteiger charge is 2.26.